The zero-order valence-corrected chi connectivity index (χ0v) is 16.5. The first kappa shape index (κ1) is 19.8. The molecule has 0 unspecified atom stereocenters. The molecule has 8 nitrogen and oxygen atoms in total. The number of sulfonamides is 1. The Hall–Kier alpha value is -2.91. The van der Waals surface area contributed by atoms with E-state index >= 15 is 0 Å². The molecule has 2 aromatic carbocycles. The summed E-state index contributed by atoms with van der Waals surface area (Å²) >= 11 is 5.91. The number of aromatic nitrogens is 3. The summed E-state index contributed by atoms with van der Waals surface area (Å²) in [6.45, 7) is 2.06. The van der Waals surface area contributed by atoms with Crippen molar-refractivity contribution in [3.05, 3.63) is 65.7 Å². The van der Waals surface area contributed by atoms with Crippen molar-refractivity contribution in [3.8, 4) is 0 Å². The molecule has 10 heteroatoms. The van der Waals surface area contributed by atoms with Crippen LogP contribution in [0.15, 0.2) is 60.0 Å². The third-order valence-corrected chi connectivity index (χ3v) is 5.63. The van der Waals surface area contributed by atoms with Crippen LogP contribution in [0, 0.1) is 6.92 Å². The predicted octanol–water partition coefficient (Wildman–Crippen LogP) is 3.07. The second-order valence-corrected chi connectivity index (χ2v) is 8.14. The zero-order valence-electron chi connectivity index (χ0n) is 15.0. The van der Waals surface area contributed by atoms with Crippen LogP contribution in [-0.4, -0.2) is 29.1 Å². The van der Waals surface area contributed by atoms with Crippen molar-refractivity contribution in [2.75, 3.05) is 10.0 Å². The minimum absolute atomic E-state index is 0.0709. The van der Waals surface area contributed by atoms with Gasteiger partial charge in [-0.1, -0.05) is 23.7 Å². The lowest BCUT2D eigenvalue weighted by atomic mass is 10.2. The van der Waals surface area contributed by atoms with Crippen molar-refractivity contribution in [1.82, 2.24) is 14.8 Å². The minimum atomic E-state index is -3.85. The van der Waals surface area contributed by atoms with E-state index in [4.69, 9.17) is 11.6 Å². The number of hydrogen-bond donors (Lipinski definition) is 2. The Morgan fingerprint density at radius 2 is 2.00 bits per heavy atom. The third kappa shape index (κ3) is 5.08. The van der Waals surface area contributed by atoms with Gasteiger partial charge in [0.2, 0.25) is 5.91 Å². The highest BCUT2D eigenvalue weighted by molar-refractivity contribution is 7.92. The smallest absolute Gasteiger partial charge is 0.262 e. The summed E-state index contributed by atoms with van der Waals surface area (Å²) in [5.74, 6) is -0.259. The molecule has 0 aliphatic carbocycles. The number of anilines is 2. The number of benzene rings is 2. The van der Waals surface area contributed by atoms with Crippen LogP contribution in [0.4, 0.5) is 11.4 Å². The highest BCUT2D eigenvalue weighted by Gasteiger charge is 2.18. The van der Waals surface area contributed by atoms with E-state index in [2.05, 4.69) is 20.1 Å². The van der Waals surface area contributed by atoms with Gasteiger partial charge in [0.25, 0.3) is 10.0 Å². The summed E-state index contributed by atoms with van der Waals surface area (Å²) in [6, 6.07) is 11.1. The minimum Gasteiger partial charge on any atom is -0.326 e. The molecule has 0 aliphatic rings. The van der Waals surface area contributed by atoms with Crippen LogP contribution < -0.4 is 10.0 Å². The van der Waals surface area contributed by atoms with Crippen molar-refractivity contribution in [3.63, 3.8) is 0 Å². The number of amides is 1. The lowest BCUT2D eigenvalue weighted by Crippen LogP contribution is -2.17. The summed E-state index contributed by atoms with van der Waals surface area (Å²) in [5.41, 5.74) is 1.30. The van der Waals surface area contributed by atoms with Crippen LogP contribution in [-0.2, 0) is 21.4 Å². The van der Waals surface area contributed by atoms with Gasteiger partial charge in [-0.2, -0.15) is 5.10 Å². The van der Waals surface area contributed by atoms with E-state index in [0.717, 1.165) is 0 Å². The lowest BCUT2D eigenvalue weighted by Gasteiger charge is -2.13. The molecule has 1 aromatic heterocycles. The van der Waals surface area contributed by atoms with Gasteiger partial charge in [-0.25, -0.2) is 13.4 Å². The van der Waals surface area contributed by atoms with Gasteiger partial charge < -0.3 is 5.32 Å². The van der Waals surface area contributed by atoms with Gasteiger partial charge in [0.05, 0.1) is 17.1 Å². The van der Waals surface area contributed by atoms with Crippen molar-refractivity contribution in [1.29, 1.82) is 0 Å². The van der Waals surface area contributed by atoms with Crippen molar-refractivity contribution >= 4 is 38.9 Å². The maximum atomic E-state index is 12.8. The summed E-state index contributed by atoms with van der Waals surface area (Å²) in [5, 5.41) is 7.05. The van der Waals surface area contributed by atoms with E-state index in [9.17, 15) is 13.2 Å². The van der Waals surface area contributed by atoms with Crippen molar-refractivity contribution in [2.45, 2.75) is 24.8 Å². The van der Waals surface area contributed by atoms with Crippen LogP contribution in [0.2, 0.25) is 5.02 Å². The van der Waals surface area contributed by atoms with Gasteiger partial charge in [-0.05, 0) is 42.8 Å². The van der Waals surface area contributed by atoms with Crippen LogP contribution in [0.3, 0.4) is 0 Å². The lowest BCUT2D eigenvalue weighted by molar-refractivity contribution is -0.116. The largest absolute Gasteiger partial charge is 0.326 e. The average molecular weight is 420 g/mol. The van der Waals surface area contributed by atoms with Gasteiger partial charge >= 0.3 is 0 Å². The summed E-state index contributed by atoms with van der Waals surface area (Å²) in [6.07, 6.45) is 3.09. The maximum Gasteiger partial charge on any atom is 0.262 e. The Labute approximate surface area is 167 Å². The number of rotatable bonds is 7. The van der Waals surface area contributed by atoms with Crippen molar-refractivity contribution < 1.29 is 13.2 Å². The normalized spacial score (nSPS) is 11.2. The monoisotopic (exact) mass is 419 g/mol. The van der Waals surface area contributed by atoms with E-state index in [0.29, 0.717) is 28.5 Å². The Kier molecular flexibility index (Phi) is 5.96. The first-order valence-electron chi connectivity index (χ1n) is 8.35. The number of carbonyl (C=O) groups excluding carboxylic acids is 1. The Bertz CT molecular complexity index is 1080. The summed E-state index contributed by atoms with van der Waals surface area (Å²) < 4.78 is 29.6. The SMILES string of the molecule is Cc1ccc(NC(=O)CCn2cncn2)cc1S(=O)(=O)Nc1cccc(Cl)c1. The first-order chi connectivity index (χ1) is 13.3. The standard InChI is InChI=1S/C18H18ClN5O3S/c1-13-5-6-15(22-18(25)7-8-24-12-20-11-21-24)10-17(13)28(26,27)23-16-4-2-3-14(19)9-16/h2-6,9-12,23H,7-8H2,1H3,(H,22,25). The fraction of sp³-hybridized carbons (Fsp3) is 0.167. The van der Waals surface area contributed by atoms with Crippen LogP contribution in [0.5, 0.6) is 0 Å². The van der Waals surface area contributed by atoms with Crippen LogP contribution in [0.1, 0.15) is 12.0 Å². The number of halogens is 1. The number of carbonyl (C=O) groups is 1. The molecule has 1 amide bonds. The fourth-order valence-corrected chi connectivity index (χ4v) is 4.03. The molecule has 3 rings (SSSR count). The van der Waals surface area contributed by atoms with Crippen molar-refractivity contribution in [2.24, 2.45) is 0 Å². The van der Waals surface area contributed by atoms with E-state index < -0.39 is 10.0 Å². The molecule has 0 bridgehead atoms. The highest BCUT2D eigenvalue weighted by atomic mass is 35.5. The van der Waals surface area contributed by atoms with Crippen LogP contribution in [0.25, 0.3) is 0 Å². The summed E-state index contributed by atoms with van der Waals surface area (Å²) in [4.78, 5) is 16.0. The molecule has 2 N–H and O–H groups in total. The number of hydrogen-bond acceptors (Lipinski definition) is 5. The molecule has 3 aromatic rings. The maximum absolute atomic E-state index is 12.8. The molecule has 0 saturated carbocycles. The third-order valence-electron chi connectivity index (χ3n) is 3.87. The zero-order chi connectivity index (χ0) is 20.1. The predicted molar refractivity (Wildman–Crippen MR) is 107 cm³/mol. The van der Waals surface area contributed by atoms with Gasteiger partial charge in [-0.15, -0.1) is 0 Å². The molecule has 28 heavy (non-hydrogen) atoms. The average Bonchev–Trinajstić information content (AvgIpc) is 3.15. The Balaban J connectivity index is 1.74. The molecule has 146 valence electrons. The van der Waals surface area contributed by atoms with E-state index in [1.54, 1.807) is 41.9 Å². The van der Waals surface area contributed by atoms with E-state index in [-0.39, 0.29) is 17.2 Å². The molecule has 0 spiro atoms. The topological polar surface area (TPSA) is 106 Å². The van der Waals surface area contributed by atoms with E-state index in [1.807, 2.05) is 0 Å². The number of nitrogens with zero attached hydrogens (tertiary/aromatic N) is 3. The molecule has 0 radical (unpaired) electrons. The molecular weight excluding hydrogens is 402 g/mol. The van der Waals surface area contributed by atoms with Crippen LogP contribution >= 0.6 is 11.6 Å². The van der Waals surface area contributed by atoms with E-state index in [1.165, 1.54) is 24.8 Å². The molecule has 0 atom stereocenters. The van der Waals surface area contributed by atoms with Gasteiger partial charge in [-0.3, -0.25) is 14.2 Å². The van der Waals surface area contributed by atoms with Gasteiger partial charge in [0.1, 0.15) is 12.7 Å². The first-order valence-corrected chi connectivity index (χ1v) is 10.2. The molecule has 0 fully saturated rings. The molecule has 0 aliphatic heterocycles. The second kappa shape index (κ2) is 8.41. The second-order valence-electron chi connectivity index (χ2n) is 6.05. The Morgan fingerprint density at radius 1 is 1.18 bits per heavy atom. The summed E-state index contributed by atoms with van der Waals surface area (Å²) in [7, 11) is -3.85. The van der Waals surface area contributed by atoms with Gasteiger partial charge in [0.15, 0.2) is 0 Å². The number of nitrogens with one attached hydrogen (secondary N) is 2. The highest BCUT2D eigenvalue weighted by Crippen LogP contribution is 2.24. The molecule has 1 heterocycles. The molecule has 0 saturated heterocycles. The quantitative estimate of drug-likeness (QED) is 0.612. The molecular formula is C18H18ClN5O3S. The number of aryl methyl sites for hydroxylation is 2. The Morgan fingerprint density at radius 3 is 2.71 bits per heavy atom. The fourth-order valence-electron chi connectivity index (χ4n) is 2.52. The van der Waals surface area contributed by atoms with Gasteiger partial charge in [0, 0.05) is 17.1 Å².